The lowest BCUT2D eigenvalue weighted by molar-refractivity contribution is -0.119. The number of nitrogens with one attached hydrogen (secondary N) is 1. The van der Waals surface area contributed by atoms with Crippen molar-refractivity contribution in [1.82, 2.24) is 20.3 Å². The van der Waals surface area contributed by atoms with Gasteiger partial charge in [-0.25, -0.2) is 4.68 Å². The van der Waals surface area contributed by atoms with Crippen LogP contribution in [0.3, 0.4) is 0 Å². The van der Waals surface area contributed by atoms with Crippen LogP contribution in [0.4, 0.5) is 0 Å². The minimum atomic E-state index is -0.614. The first kappa shape index (κ1) is 11.5. The molecule has 3 atom stereocenters. The van der Waals surface area contributed by atoms with Crippen LogP contribution in [0.15, 0.2) is 17.5 Å². The summed E-state index contributed by atoms with van der Waals surface area (Å²) in [6.45, 7) is 0.687. The van der Waals surface area contributed by atoms with Crippen molar-refractivity contribution in [2.24, 2.45) is 5.11 Å². The average Bonchev–Trinajstić information content (AvgIpc) is 3.00. The van der Waals surface area contributed by atoms with Gasteiger partial charge in [0, 0.05) is 17.7 Å². The maximum absolute atomic E-state index is 10.6. The largest absolute Gasteiger partial charge is 0.349 e. The highest BCUT2D eigenvalue weighted by atomic mass is 16.5. The van der Waals surface area contributed by atoms with E-state index in [1.54, 1.807) is 10.9 Å². The Bertz CT molecular complexity index is 414. The molecule has 0 spiro atoms. The highest BCUT2D eigenvalue weighted by molar-refractivity contribution is 5.55. The summed E-state index contributed by atoms with van der Waals surface area (Å²) in [4.78, 5) is 13.3. The zero-order valence-electron chi connectivity index (χ0n) is 8.88. The second-order valence-electron chi connectivity index (χ2n) is 3.50. The number of hydrogen-bond acceptors (Lipinski definition) is 6. The third kappa shape index (κ3) is 2.59. The fourth-order valence-electron chi connectivity index (χ4n) is 1.71. The van der Waals surface area contributed by atoms with Crippen LogP contribution in [0.25, 0.3) is 10.4 Å². The van der Waals surface area contributed by atoms with Gasteiger partial charge in [0.25, 0.3) is 0 Å². The first-order valence-electron chi connectivity index (χ1n) is 5.06. The van der Waals surface area contributed by atoms with Gasteiger partial charge in [-0.05, 0) is 5.53 Å². The molecule has 3 unspecified atom stereocenters. The Morgan fingerprint density at radius 1 is 1.82 bits per heavy atom. The van der Waals surface area contributed by atoms with E-state index < -0.39 is 6.23 Å². The first-order chi connectivity index (χ1) is 8.35. The zero-order valence-corrected chi connectivity index (χ0v) is 8.88. The van der Waals surface area contributed by atoms with Crippen LogP contribution in [0.5, 0.6) is 0 Å². The van der Waals surface area contributed by atoms with Crippen molar-refractivity contribution in [3.8, 4) is 0 Å². The fraction of sp³-hybridized carbons (Fsp3) is 0.625. The van der Waals surface area contributed by atoms with E-state index in [2.05, 4.69) is 25.7 Å². The minimum Gasteiger partial charge on any atom is -0.349 e. The molecule has 0 aliphatic carbocycles. The zero-order chi connectivity index (χ0) is 12.1. The van der Waals surface area contributed by atoms with E-state index in [1.807, 2.05) is 0 Å². The monoisotopic (exact) mass is 237 g/mol. The lowest BCUT2D eigenvalue weighted by Gasteiger charge is -2.20. The number of aldehydes is 1. The summed E-state index contributed by atoms with van der Waals surface area (Å²) in [7, 11) is 0. The minimum absolute atomic E-state index is 0.192. The van der Waals surface area contributed by atoms with Gasteiger partial charge in [-0.3, -0.25) is 10.1 Å². The molecule has 0 amide bonds. The molecule has 0 aromatic carbocycles. The standard InChI is InChI=1S/C8H11N7O2/c9-13-12-3-6(15-2-1-11-14-15)7-4-10-8(5-16)17-7/h1-2,5-8,10H,3-4H2. The molecule has 17 heavy (non-hydrogen) atoms. The molecule has 0 saturated carbocycles. The van der Waals surface area contributed by atoms with Crippen LogP contribution >= 0.6 is 0 Å². The number of carbonyl (C=O) groups is 1. The van der Waals surface area contributed by atoms with E-state index in [0.29, 0.717) is 12.8 Å². The molecule has 90 valence electrons. The molecule has 9 nitrogen and oxygen atoms in total. The maximum atomic E-state index is 10.6. The summed E-state index contributed by atoms with van der Waals surface area (Å²) in [5.41, 5.74) is 8.35. The summed E-state index contributed by atoms with van der Waals surface area (Å²) in [6, 6.07) is -0.272. The lowest BCUT2D eigenvalue weighted by Crippen LogP contribution is -2.30. The smallest absolute Gasteiger partial charge is 0.165 e. The van der Waals surface area contributed by atoms with Crippen LogP contribution in [0, 0.1) is 0 Å². The van der Waals surface area contributed by atoms with E-state index in [-0.39, 0.29) is 18.7 Å². The summed E-state index contributed by atoms with van der Waals surface area (Å²) in [5, 5.41) is 14.0. The number of azide groups is 1. The Morgan fingerprint density at radius 2 is 2.71 bits per heavy atom. The summed E-state index contributed by atoms with van der Waals surface area (Å²) >= 11 is 0. The molecule has 9 heteroatoms. The topological polar surface area (TPSA) is 118 Å². The Morgan fingerprint density at radius 3 is 3.29 bits per heavy atom. The summed E-state index contributed by atoms with van der Waals surface area (Å²) < 4.78 is 7.01. The van der Waals surface area contributed by atoms with Crippen molar-refractivity contribution in [2.45, 2.75) is 18.4 Å². The quantitative estimate of drug-likeness (QED) is 0.325. The van der Waals surface area contributed by atoms with Gasteiger partial charge in [0.1, 0.15) is 0 Å². The van der Waals surface area contributed by atoms with Crippen LogP contribution < -0.4 is 5.32 Å². The molecule has 1 aliphatic rings. The molecule has 2 rings (SSSR count). The second kappa shape index (κ2) is 5.39. The van der Waals surface area contributed by atoms with Gasteiger partial charge in [0.15, 0.2) is 12.5 Å². The second-order valence-corrected chi connectivity index (χ2v) is 3.50. The average molecular weight is 237 g/mol. The van der Waals surface area contributed by atoms with E-state index in [9.17, 15) is 4.79 Å². The Balaban J connectivity index is 2.10. The van der Waals surface area contributed by atoms with Crippen LogP contribution in [-0.2, 0) is 9.53 Å². The maximum Gasteiger partial charge on any atom is 0.165 e. The molecule has 0 bridgehead atoms. The molecule has 0 radical (unpaired) electrons. The van der Waals surface area contributed by atoms with Crippen molar-refractivity contribution >= 4 is 6.29 Å². The lowest BCUT2D eigenvalue weighted by atomic mass is 10.1. The van der Waals surface area contributed by atoms with E-state index in [0.717, 1.165) is 0 Å². The number of carbonyl (C=O) groups excluding carboxylic acids is 1. The predicted molar refractivity (Wildman–Crippen MR) is 55.8 cm³/mol. The molecule has 1 aromatic heterocycles. The molecule has 1 saturated heterocycles. The van der Waals surface area contributed by atoms with Gasteiger partial charge in [-0.2, -0.15) is 0 Å². The molecular formula is C8H11N7O2. The SMILES string of the molecule is [N-]=[N+]=NCC(C1CNC(C=O)O1)n1ccnn1. The number of ether oxygens (including phenoxy) is 1. The van der Waals surface area contributed by atoms with E-state index in [4.69, 9.17) is 10.3 Å². The van der Waals surface area contributed by atoms with Crippen molar-refractivity contribution in [3.05, 3.63) is 22.8 Å². The van der Waals surface area contributed by atoms with E-state index >= 15 is 0 Å². The van der Waals surface area contributed by atoms with Crippen molar-refractivity contribution in [3.63, 3.8) is 0 Å². The normalized spacial score (nSPS) is 25.2. The molecule has 1 N–H and O–H groups in total. The van der Waals surface area contributed by atoms with Gasteiger partial charge in [-0.15, -0.1) is 5.10 Å². The van der Waals surface area contributed by atoms with Crippen LogP contribution in [0.1, 0.15) is 6.04 Å². The first-order valence-corrected chi connectivity index (χ1v) is 5.06. The molecule has 1 aromatic rings. The third-order valence-corrected chi connectivity index (χ3v) is 2.51. The number of rotatable bonds is 5. The van der Waals surface area contributed by atoms with Gasteiger partial charge in [0.2, 0.25) is 0 Å². The van der Waals surface area contributed by atoms with Crippen LogP contribution in [-0.4, -0.2) is 46.7 Å². The van der Waals surface area contributed by atoms with Crippen molar-refractivity contribution in [1.29, 1.82) is 0 Å². The van der Waals surface area contributed by atoms with Crippen molar-refractivity contribution in [2.75, 3.05) is 13.1 Å². The summed E-state index contributed by atoms with van der Waals surface area (Å²) in [6.07, 6.45) is 2.98. The summed E-state index contributed by atoms with van der Waals surface area (Å²) in [5.74, 6) is 0. The fourth-order valence-corrected chi connectivity index (χ4v) is 1.71. The molecule has 1 fully saturated rings. The molecule has 2 heterocycles. The molecule has 1 aliphatic heterocycles. The number of nitrogens with zero attached hydrogens (tertiary/aromatic N) is 6. The third-order valence-electron chi connectivity index (χ3n) is 2.51. The molecular weight excluding hydrogens is 226 g/mol. The van der Waals surface area contributed by atoms with Gasteiger partial charge < -0.3 is 4.74 Å². The highest BCUT2D eigenvalue weighted by Gasteiger charge is 2.32. The Labute approximate surface area is 96.4 Å². The van der Waals surface area contributed by atoms with Crippen molar-refractivity contribution < 1.29 is 9.53 Å². The van der Waals surface area contributed by atoms with Gasteiger partial charge >= 0.3 is 0 Å². The number of hydrogen-bond donors (Lipinski definition) is 1. The van der Waals surface area contributed by atoms with E-state index in [1.165, 1.54) is 6.20 Å². The van der Waals surface area contributed by atoms with Crippen LogP contribution in [0.2, 0.25) is 0 Å². The highest BCUT2D eigenvalue weighted by Crippen LogP contribution is 2.18. The number of aromatic nitrogens is 3. The van der Waals surface area contributed by atoms with Gasteiger partial charge in [0.05, 0.1) is 24.9 Å². The predicted octanol–water partition coefficient (Wildman–Crippen LogP) is -0.357. The van der Waals surface area contributed by atoms with Gasteiger partial charge in [-0.1, -0.05) is 10.3 Å². The Hall–Kier alpha value is -1.96. The Kier molecular flexibility index (Phi) is 3.66.